The SMILES string of the molecule is C[Si](C)(C)OC(C[n+]1cc(N=C([O-])Nc2ccc(Cl)cc2)on1)c1ccccc1. The number of aromatic nitrogens is 2. The van der Waals surface area contributed by atoms with Crippen molar-refractivity contribution in [2.24, 2.45) is 4.99 Å². The first kappa shape index (κ1) is 21.0. The molecule has 7 nitrogen and oxygen atoms in total. The molecule has 0 bridgehead atoms. The Bertz CT molecular complexity index is 956. The standard InChI is InChI=1S/C20H23ClN4O3Si/c1-29(2,3)28-18(15-7-5-4-6-8-15)13-25-14-19(27-24-25)23-20(26)22-17-11-9-16(21)10-12-17/h4-12,14,18H,13H2,1-3H3,(H-,22,23,24,26). The van der Waals surface area contributed by atoms with Gasteiger partial charge in [-0.05, 0) is 54.2 Å². The molecular weight excluding hydrogens is 408 g/mol. The molecule has 2 aromatic carbocycles. The van der Waals surface area contributed by atoms with Crippen molar-refractivity contribution in [2.75, 3.05) is 5.32 Å². The highest BCUT2D eigenvalue weighted by Gasteiger charge is 2.27. The van der Waals surface area contributed by atoms with Gasteiger partial charge in [-0.15, -0.1) is 0 Å². The molecule has 1 unspecified atom stereocenters. The second-order valence-corrected chi connectivity index (χ2v) is 12.3. The third-order valence-corrected chi connectivity index (χ3v) is 5.07. The van der Waals surface area contributed by atoms with E-state index in [-0.39, 0.29) is 12.0 Å². The van der Waals surface area contributed by atoms with Gasteiger partial charge in [0.25, 0.3) is 6.20 Å². The molecule has 1 N–H and O–H groups in total. The van der Waals surface area contributed by atoms with Gasteiger partial charge < -0.3 is 14.8 Å². The van der Waals surface area contributed by atoms with Crippen LogP contribution >= 0.6 is 11.6 Å². The predicted molar refractivity (Wildman–Crippen MR) is 112 cm³/mol. The Hall–Kier alpha value is -2.68. The Kier molecular flexibility index (Phi) is 6.68. The minimum Gasteiger partial charge on any atom is -0.846 e. The van der Waals surface area contributed by atoms with E-state index in [1.165, 1.54) is 0 Å². The molecule has 0 radical (unpaired) electrons. The van der Waals surface area contributed by atoms with Crippen LogP contribution in [0, 0.1) is 0 Å². The molecule has 1 atom stereocenters. The number of aliphatic imine (C=N–C) groups is 1. The maximum atomic E-state index is 12.1. The topological polar surface area (TPSA) is 86.6 Å². The molecule has 1 heterocycles. The first-order valence-corrected chi connectivity index (χ1v) is 12.9. The van der Waals surface area contributed by atoms with Gasteiger partial charge in [-0.25, -0.2) is 4.99 Å². The van der Waals surface area contributed by atoms with Gasteiger partial charge in [0.05, 0.1) is 6.02 Å². The quantitative estimate of drug-likeness (QED) is 0.267. The normalized spacial score (nSPS) is 13.3. The molecule has 9 heteroatoms. The van der Waals surface area contributed by atoms with Gasteiger partial charge >= 0.3 is 5.88 Å². The fourth-order valence-corrected chi connectivity index (χ4v) is 3.85. The monoisotopic (exact) mass is 430 g/mol. The lowest BCUT2D eigenvalue weighted by molar-refractivity contribution is -0.768. The molecule has 0 saturated heterocycles. The van der Waals surface area contributed by atoms with Crippen LogP contribution in [0.3, 0.4) is 0 Å². The summed E-state index contributed by atoms with van der Waals surface area (Å²) in [5.74, 6) is 0.108. The van der Waals surface area contributed by atoms with Crippen LogP contribution in [0.2, 0.25) is 24.7 Å². The number of nitrogens with one attached hydrogen (secondary N) is 1. The Labute approximate surface area is 175 Å². The number of benzene rings is 2. The van der Waals surface area contributed by atoms with Gasteiger partial charge in [0.15, 0.2) is 8.32 Å². The molecule has 0 fully saturated rings. The highest BCUT2D eigenvalue weighted by molar-refractivity contribution is 6.69. The fraction of sp³-hybridized carbons (Fsp3) is 0.250. The highest BCUT2D eigenvalue weighted by atomic mass is 35.5. The molecule has 0 aliphatic carbocycles. The molecule has 0 aliphatic heterocycles. The van der Waals surface area contributed by atoms with E-state index in [2.05, 4.69) is 35.2 Å². The summed E-state index contributed by atoms with van der Waals surface area (Å²) in [5, 5.41) is 19.3. The molecule has 0 amide bonds. The molecule has 3 aromatic rings. The third kappa shape index (κ3) is 6.70. The second kappa shape index (κ2) is 9.21. The molecule has 1 aromatic heterocycles. The maximum Gasteiger partial charge on any atom is 0.322 e. The van der Waals surface area contributed by atoms with Crippen molar-refractivity contribution in [3.05, 3.63) is 71.4 Å². The zero-order valence-corrected chi connectivity index (χ0v) is 18.3. The summed E-state index contributed by atoms with van der Waals surface area (Å²) in [5.41, 5.74) is 1.65. The summed E-state index contributed by atoms with van der Waals surface area (Å²) in [6, 6.07) is 16.2. The van der Waals surface area contributed by atoms with Crippen molar-refractivity contribution >= 4 is 37.5 Å². The van der Waals surface area contributed by atoms with E-state index in [0.29, 0.717) is 17.3 Å². The Morgan fingerprint density at radius 3 is 2.55 bits per heavy atom. The summed E-state index contributed by atoms with van der Waals surface area (Å²) in [6.07, 6.45) is 1.40. The van der Waals surface area contributed by atoms with E-state index < -0.39 is 14.3 Å². The van der Waals surface area contributed by atoms with E-state index in [9.17, 15) is 5.11 Å². The zero-order valence-electron chi connectivity index (χ0n) is 16.5. The minimum atomic E-state index is -1.79. The van der Waals surface area contributed by atoms with Crippen LogP contribution in [0.15, 0.2) is 70.3 Å². The summed E-state index contributed by atoms with van der Waals surface area (Å²) in [7, 11) is -1.79. The van der Waals surface area contributed by atoms with Gasteiger partial charge in [0.1, 0.15) is 6.10 Å². The summed E-state index contributed by atoms with van der Waals surface area (Å²) >= 11 is 5.84. The lowest BCUT2D eigenvalue weighted by Gasteiger charge is -2.24. The number of anilines is 1. The van der Waals surface area contributed by atoms with E-state index in [0.717, 1.165) is 5.56 Å². The first-order valence-electron chi connectivity index (χ1n) is 9.16. The molecule has 0 aliphatic rings. The number of rotatable bonds is 7. The summed E-state index contributed by atoms with van der Waals surface area (Å²) in [6.45, 7) is 6.86. The van der Waals surface area contributed by atoms with Crippen LogP contribution in [-0.2, 0) is 11.0 Å². The van der Waals surface area contributed by atoms with Gasteiger partial charge in [-0.2, -0.15) is 0 Å². The minimum absolute atomic E-state index is 0.108. The van der Waals surface area contributed by atoms with Crippen molar-refractivity contribution < 1.29 is 18.7 Å². The number of hydrogen-bond acceptors (Lipinski definition) is 5. The average molecular weight is 431 g/mol. The van der Waals surface area contributed by atoms with Crippen molar-refractivity contribution in [3.63, 3.8) is 0 Å². The Morgan fingerprint density at radius 2 is 1.90 bits per heavy atom. The zero-order chi connectivity index (χ0) is 20.9. The molecular formula is C20H23ClN4O3Si. The summed E-state index contributed by atoms with van der Waals surface area (Å²) in [4.78, 5) is 3.89. The first-order chi connectivity index (χ1) is 13.8. The predicted octanol–water partition coefficient (Wildman–Crippen LogP) is 3.67. The van der Waals surface area contributed by atoms with Crippen molar-refractivity contribution in [1.82, 2.24) is 5.27 Å². The van der Waals surface area contributed by atoms with E-state index in [1.807, 2.05) is 30.3 Å². The fourth-order valence-electron chi connectivity index (χ4n) is 2.66. The number of halogens is 1. The van der Waals surface area contributed by atoms with Gasteiger partial charge in [0, 0.05) is 10.7 Å². The third-order valence-electron chi connectivity index (χ3n) is 3.83. The van der Waals surface area contributed by atoms with Crippen LogP contribution in [0.5, 0.6) is 0 Å². The van der Waals surface area contributed by atoms with Crippen LogP contribution < -0.4 is 15.1 Å². The van der Waals surface area contributed by atoms with Gasteiger partial charge in [-0.1, -0.05) is 41.9 Å². The smallest absolute Gasteiger partial charge is 0.322 e. The van der Waals surface area contributed by atoms with Crippen molar-refractivity contribution in [3.8, 4) is 0 Å². The van der Waals surface area contributed by atoms with Gasteiger partial charge in [-0.3, -0.25) is 4.52 Å². The van der Waals surface area contributed by atoms with Crippen molar-refractivity contribution in [1.29, 1.82) is 0 Å². The number of nitrogens with zero attached hydrogens (tertiary/aromatic N) is 3. The Balaban J connectivity index is 1.71. The van der Waals surface area contributed by atoms with Crippen LogP contribution in [-0.4, -0.2) is 19.6 Å². The summed E-state index contributed by atoms with van der Waals surface area (Å²) < 4.78 is 13.1. The second-order valence-electron chi connectivity index (χ2n) is 7.44. The molecule has 29 heavy (non-hydrogen) atoms. The van der Waals surface area contributed by atoms with Crippen LogP contribution in [0.4, 0.5) is 11.6 Å². The number of amidine groups is 1. The molecule has 0 saturated carbocycles. The van der Waals surface area contributed by atoms with Gasteiger partial charge in [0.2, 0.25) is 11.8 Å². The molecule has 152 valence electrons. The Morgan fingerprint density at radius 1 is 1.21 bits per heavy atom. The maximum absolute atomic E-state index is 12.1. The average Bonchev–Trinajstić information content (AvgIpc) is 3.09. The van der Waals surface area contributed by atoms with E-state index in [1.54, 1.807) is 35.1 Å². The molecule has 3 rings (SSSR count). The van der Waals surface area contributed by atoms with E-state index >= 15 is 0 Å². The lowest BCUT2D eigenvalue weighted by Crippen LogP contribution is -2.41. The van der Waals surface area contributed by atoms with Crippen molar-refractivity contribution in [2.45, 2.75) is 32.3 Å². The van der Waals surface area contributed by atoms with Crippen LogP contribution in [0.25, 0.3) is 0 Å². The van der Waals surface area contributed by atoms with E-state index in [4.69, 9.17) is 20.6 Å². The molecule has 0 spiro atoms. The lowest BCUT2D eigenvalue weighted by atomic mass is 10.1. The largest absolute Gasteiger partial charge is 0.846 e. The highest BCUT2D eigenvalue weighted by Crippen LogP contribution is 2.23. The number of hydrogen-bond donors (Lipinski definition) is 1. The van der Waals surface area contributed by atoms with Crippen LogP contribution in [0.1, 0.15) is 11.7 Å².